The highest BCUT2D eigenvalue weighted by Crippen LogP contribution is 2.35. The average molecular weight is 376 g/mol. The molecule has 0 aliphatic carbocycles. The van der Waals surface area contributed by atoms with Gasteiger partial charge in [0.15, 0.2) is 0 Å². The molecule has 0 radical (unpaired) electrons. The monoisotopic (exact) mass is 374 g/mol. The Balaban J connectivity index is 2.23. The predicted octanol–water partition coefficient (Wildman–Crippen LogP) is 1.77. The molecular formula is C13H12BrClN2O4. The lowest BCUT2D eigenvalue weighted by molar-refractivity contribution is -0.137. The quantitative estimate of drug-likeness (QED) is 0.767. The van der Waals surface area contributed by atoms with Crippen molar-refractivity contribution in [2.24, 2.45) is 0 Å². The lowest BCUT2D eigenvalue weighted by Crippen LogP contribution is -2.34. The van der Waals surface area contributed by atoms with Gasteiger partial charge in [-0.3, -0.25) is 14.5 Å². The van der Waals surface area contributed by atoms with Crippen LogP contribution >= 0.6 is 27.5 Å². The molecular weight excluding hydrogens is 364 g/mol. The van der Waals surface area contributed by atoms with Crippen molar-refractivity contribution in [1.82, 2.24) is 4.90 Å². The predicted molar refractivity (Wildman–Crippen MR) is 81.2 cm³/mol. The molecule has 8 heteroatoms. The number of rotatable bonds is 5. The first-order valence-corrected chi connectivity index (χ1v) is 7.13. The van der Waals surface area contributed by atoms with Gasteiger partial charge in [-0.1, -0.05) is 11.6 Å². The van der Waals surface area contributed by atoms with E-state index in [1.807, 2.05) is 0 Å². The molecule has 0 atom stereocenters. The number of halogens is 2. The highest BCUT2D eigenvalue weighted by Gasteiger charge is 2.30. The number of nitrogens with zero attached hydrogens (tertiary/aromatic N) is 1. The van der Waals surface area contributed by atoms with E-state index in [1.165, 1.54) is 13.2 Å². The number of amides is 2. The van der Waals surface area contributed by atoms with Gasteiger partial charge in [-0.05, 0) is 28.1 Å². The average Bonchev–Trinajstić information content (AvgIpc) is 2.70. The van der Waals surface area contributed by atoms with Crippen LogP contribution in [-0.4, -0.2) is 42.1 Å². The SMILES string of the molecule is COc1cc(Br)c(NC2=CC(=O)N(CCO)C2=O)cc1Cl. The number of anilines is 1. The van der Waals surface area contributed by atoms with Gasteiger partial charge < -0.3 is 15.2 Å². The van der Waals surface area contributed by atoms with E-state index in [-0.39, 0.29) is 18.8 Å². The van der Waals surface area contributed by atoms with Crippen LogP contribution in [0.25, 0.3) is 0 Å². The zero-order valence-corrected chi connectivity index (χ0v) is 13.4. The normalized spacial score (nSPS) is 14.5. The molecule has 2 amide bonds. The second-order valence-electron chi connectivity index (χ2n) is 4.17. The van der Waals surface area contributed by atoms with Gasteiger partial charge in [0.05, 0.1) is 31.0 Å². The zero-order valence-electron chi connectivity index (χ0n) is 11.0. The summed E-state index contributed by atoms with van der Waals surface area (Å²) in [5.74, 6) is -0.473. The number of carbonyl (C=O) groups excluding carboxylic acids is 2. The number of β-amino-alcohol motifs (C(OH)–C–C–N with tert-alkyl or cyclic N) is 1. The van der Waals surface area contributed by atoms with E-state index in [4.69, 9.17) is 21.4 Å². The molecule has 2 rings (SSSR count). The number of hydrogen-bond donors (Lipinski definition) is 2. The second-order valence-corrected chi connectivity index (χ2v) is 5.43. The van der Waals surface area contributed by atoms with E-state index in [0.29, 0.717) is 20.9 Å². The molecule has 112 valence electrons. The Hall–Kier alpha value is -1.57. The third kappa shape index (κ3) is 3.20. The number of imide groups is 1. The molecule has 0 saturated carbocycles. The van der Waals surface area contributed by atoms with Gasteiger partial charge in [0.2, 0.25) is 0 Å². The highest BCUT2D eigenvalue weighted by atomic mass is 79.9. The molecule has 1 aliphatic rings. The number of carbonyl (C=O) groups is 2. The van der Waals surface area contributed by atoms with Crippen molar-refractivity contribution in [3.63, 3.8) is 0 Å². The highest BCUT2D eigenvalue weighted by molar-refractivity contribution is 9.10. The van der Waals surface area contributed by atoms with Crippen LogP contribution in [0.3, 0.4) is 0 Å². The van der Waals surface area contributed by atoms with Gasteiger partial charge in [0.25, 0.3) is 11.8 Å². The summed E-state index contributed by atoms with van der Waals surface area (Å²) in [5.41, 5.74) is 0.648. The largest absolute Gasteiger partial charge is 0.495 e. The summed E-state index contributed by atoms with van der Waals surface area (Å²) in [6.07, 6.45) is 1.18. The molecule has 21 heavy (non-hydrogen) atoms. The Morgan fingerprint density at radius 1 is 1.43 bits per heavy atom. The van der Waals surface area contributed by atoms with Crippen LogP contribution in [0.4, 0.5) is 5.69 Å². The molecule has 0 fully saturated rings. The fourth-order valence-corrected chi connectivity index (χ4v) is 2.50. The van der Waals surface area contributed by atoms with Crippen molar-refractivity contribution in [1.29, 1.82) is 0 Å². The van der Waals surface area contributed by atoms with Crippen LogP contribution in [0.5, 0.6) is 5.75 Å². The standard InChI is InChI=1S/C13H12BrClN2O4/c1-21-11-4-7(14)9(5-8(11)15)16-10-6-12(19)17(2-3-18)13(10)20/h4-6,16,18H,2-3H2,1H3. The van der Waals surface area contributed by atoms with E-state index < -0.39 is 11.8 Å². The van der Waals surface area contributed by atoms with Gasteiger partial charge in [0, 0.05) is 10.5 Å². The van der Waals surface area contributed by atoms with Gasteiger partial charge in [0.1, 0.15) is 11.4 Å². The fraction of sp³-hybridized carbons (Fsp3) is 0.231. The van der Waals surface area contributed by atoms with Crippen molar-refractivity contribution in [3.05, 3.63) is 33.4 Å². The van der Waals surface area contributed by atoms with Gasteiger partial charge in [-0.2, -0.15) is 0 Å². The Kier molecular flexibility index (Phi) is 4.87. The van der Waals surface area contributed by atoms with E-state index in [9.17, 15) is 9.59 Å². The number of nitrogens with one attached hydrogen (secondary N) is 1. The minimum absolute atomic E-state index is 0.0378. The number of benzene rings is 1. The van der Waals surface area contributed by atoms with Crippen LogP contribution in [0.15, 0.2) is 28.4 Å². The summed E-state index contributed by atoms with van der Waals surface area (Å²) in [6, 6.07) is 3.23. The molecule has 2 N–H and O–H groups in total. The third-order valence-electron chi connectivity index (χ3n) is 2.84. The maximum atomic E-state index is 12.0. The summed E-state index contributed by atoms with van der Waals surface area (Å²) < 4.78 is 5.71. The Labute approximate surface area is 134 Å². The number of aliphatic hydroxyl groups excluding tert-OH is 1. The minimum atomic E-state index is -0.493. The summed E-state index contributed by atoms with van der Waals surface area (Å²) in [6.45, 7) is -0.319. The summed E-state index contributed by atoms with van der Waals surface area (Å²) in [7, 11) is 1.50. The van der Waals surface area contributed by atoms with E-state index in [0.717, 1.165) is 4.90 Å². The van der Waals surface area contributed by atoms with Crippen molar-refractivity contribution >= 4 is 45.0 Å². The lowest BCUT2D eigenvalue weighted by Gasteiger charge is -2.14. The summed E-state index contributed by atoms with van der Waals surface area (Å²) in [4.78, 5) is 24.6. The van der Waals surface area contributed by atoms with E-state index >= 15 is 0 Å². The maximum Gasteiger partial charge on any atom is 0.277 e. The summed E-state index contributed by atoms with van der Waals surface area (Å²) in [5, 5.41) is 12.1. The number of ether oxygens (including phenoxy) is 1. The molecule has 0 aromatic heterocycles. The van der Waals surface area contributed by atoms with Crippen molar-refractivity contribution in [2.45, 2.75) is 0 Å². The van der Waals surface area contributed by atoms with Gasteiger partial charge in [-0.25, -0.2) is 0 Å². The van der Waals surface area contributed by atoms with Crippen LogP contribution in [0.1, 0.15) is 0 Å². The van der Waals surface area contributed by atoms with Crippen LogP contribution < -0.4 is 10.1 Å². The maximum absolute atomic E-state index is 12.0. The molecule has 1 aliphatic heterocycles. The molecule has 1 aromatic carbocycles. The number of hydrogen-bond acceptors (Lipinski definition) is 5. The van der Waals surface area contributed by atoms with Crippen LogP contribution in [-0.2, 0) is 9.59 Å². The molecule has 0 bridgehead atoms. The number of aliphatic hydroxyl groups is 1. The van der Waals surface area contributed by atoms with Crippen molar-refractivity contribution < 1.29 is 19.4 Å². The zero-order chi connectivity index (χ0) is 15.6. The third-order valence-corrected chi connectivity index (χ3v) is 3.80. The minimum Gasteiger partial charge on any atom is -0.495 e. The first-order chi connectivity index (χ1) is 9.97. The Morgan fingerprint density at radius 3 is 2.76 bits per heavy atom. The lowest BCUT2D eigenvalue weighted by atomic mass is 10.3. The smallest absolute Gasteiger partial charge is 0.277 e. The molecule has 1 heterocycles. The topological polar surface area (TPSA) is 78.9 Å². The fourth-order valence-electron chi connectivity index (χ4n) is 1.84. The van der Waals surface area contributed by atoms with Crippen LogP contribution in [0, 0.1) is 0 Å². The Bertz CT molecular complexity index is 633. The van der Waals surface area contributed by atoms with Crippen LogP contribution in [0.2, 0.25) is 5.02 Å². The van der Waals surface area contributed by atoms with E-state index in [1.54, 1.807) is 12.1 Å². The van der Waals surface area contributed by atoms with Crippen molar-refractivity contribution in [2.75, 3.05) is 25.6 Å². The summed E-state index contributed by atoms with van der Waals surface area (Å²) >= 11 is 9.36. The molecule has 1 aromatic rings. The first-order valence-electron chi connectivity index (χ1n) is 5.96. The molecule has 0 saturated heterocycles. The van der Waals surface area contributed by atoms with Gasteiger partial charge in [-0.15, -0.1) is 0 Å². The molecule has 0 unspecified atom stereocenters. The second kappa shape index (κ2) is 6.46. The van der Waals surface area contributed by atoms with E-state index in [2.05, 4.69) is 21.2 Å². The molecule has 6 nitrogen and oxygen atoms in total. The van der Waals surface area contributed by atoms with Crippen molar-refractivity contribution in [3.8, 4) is 5.75 Å². The molecule has 0 spiro atoms. The first kappa shape index (κ1) is 15.8. The number of methoxy groups -OCH3 is 1. The Morgan fingerprint density at radius 2 is 2.14 bits per heavy atom. The van der Waals surface area contributed by atoms with Gasteiger partial charge >= 0.3 is 0 Å².